The topological polar surface area (TPSA) is 75.7 Å². The van der Waals surface area contributed by atoms with E-state index in [1.807, 2.05) is 26.2 Å². The molecular weight excluding hydrogens is 445 g/mol. The molecular formula is C27H30FN5O2. The SMILES string of the molecule is CN1Cc2c(C3=CCCN(CC(=O)N(C)C4CC(O)C4)C3)[nH]c3nccc(c23)-c2cc(F)ccc21. The van der Waals surface area contributed by atoms with Gasteiger partial charge in [-0.15, -0.1) is 0 Å². The Morgan fingerprint density at radius 3 is 2.89 bits per heavy atom. The number of anilines is 1. The summed E-state index contributed by atoms with van der Waals surface area (Å²) in [6.45, 7) is 2.55. The summed E-state index contributed by atoms with van der Waals surface area (Å²) in [7, 11) is 3.88. The molecule has 1 aliphatic carbocycles. The molecule has 6 rings (SSSR count). The number of aromatic nitrogens is 2. The molecule has 1 fully saturated rings. The highest BCUT2D eigenvalue weighted by Gasteiger charge is 2.34. The van der Waals surface area contributed by atoms with Crippen molar-refractivity contribution in [1.82, 2.24) is 19.8 Å². The van der Waals surface area contributed by atoms with Gasteiger partial charge in [-0.3, -0.25) is 9.69 Å². The van der Waals surface area contributed by atoms with Crippen molar-refractivity contribution >= 4 is 28.2 Å². The number of aromatic amines is 1. The van der Waals surface area contributed by atoms with Gasteiger partial charge in [-0.25, -0.2) is 9.37 Å². The summed E-state index contributed by atoms with van der Waals surface area (Å²) >= 11 is 0. The number of nitrogens with one attached hydrogen (secondary N) is 1. The minimum absolute atomic E-state index is 0.0964. The van der Waals surface area contributed by atoms with Crippen molar-refractivity contribution in [2.75, 3.05) is 38.6 Å². The van der Waals surface area contributed by atoms with Gasteiger partial charge in [-0.05, 0) is 54.7 Å². The number of amides is 1. The lowest BCUT2D eigenvalue weighted by Gasteiger charge is -2.39. The van der Waals surface area contributed by atoms with Crippen LogP contribution in [0.15, 0.2) is 36.5 Å². The number of carbonyl (C=O) groups is 1. The van der Waals surface area contributed by atoms with Crippen LogP contribution in [0, 0.1) is 5.82 Å². The van der Waals surface area contributed by atoms with E-state index in [9.17, 15) is 14.3 Å². The average molecular weight is 476 g/mol. The van der Waals surface area contributed by atoms with Gasteiger partial charge < -0.3 is 19.9 Å². The fraction of sp³-hybridized carbons (Fsp3) is 0.407. The molecule has 2 N–H and O–H groups in total. The Kier molecular flexibility index (Phi) is 5.38. The normalized spacial score (nSPS) is 21.8. The summed E-state index contributed by atoms with van der Waals surface area (Å²) in [5.74, 6) is -0.155. The number of carbonyl (C=O) groups excluding carboxylic acids is 1. The van der Waals surface area contributed by atoms with Gasteiger partial charge in [0.2, 0.25) is 5.91 Å². The molecule has 3 aliphatic rings. The number of aliphatic hydroxyl groups excluding tert-OH is 1. The van der Waals surface area contributed by atoms with Gasteiger partial charge in [0.15, 0.2) is 0 Å². The molecule has 3 aromatic rings. The second kappa shape index (κ2) is 8.46. The van der Waals surface area contributed by atoms with Gasteiger partial charge in [0, 0.05) is 73.9 Å². The van der Waals surface area contributed by atoms with E-state index in [1.165, 1.54) is 6.07 Å². The molecule has 182 valence electrons. The van der Waals surface area contributed by atoms with Gasteiger partial charge in [0.1, 0.15) is 11.5 Å². The van der Waals surface area contributed by atoms with Crippen LogP contribution in [-0.4, -0.2) is 76.7 Å². The van der Waals surface area contributed by atoms with Crippen LogP contribution in [0.5, 0.6) is 0 Å². The first-order valence-corrected chi connectivity index (χ1v) is 12.2. The third kappa shape index (κ3) is 3.81. The molecule has 4 heterocycles. The van der Waals surface area contributed by atoms with E-state index in [1.54, 1.807) is 17.2 Å². The van der Waals surface area contributed by atoms with Crippen LogP contribution in [-0.2, 0) is 11.3 Å². The molecule has 7 nitrogen and oxygen atoms in total. The Balaban J connectivity index is 1.31. The molecule has 8 heteroatoms. The Bertz CT molecular complexity index is 1340. The van der Waals surface area contributed by atoms with Gasteiger partial charge in [-0.2, -0.15) is 0 Å². The number of likely N-dealkylation sites (N-methyl/N-ethyl adjacent to an activating group) is 1. The highest BCUT2D eigenvalue weighted by molar-refractivity contribution is 6.02. The number of halogens is 1. The quantitative estimate of drug-likeness (QED) is 0.605. The van der Waals surface area contributed by atoms with Crippen LogP contribution in [0.2, 0.25) is 0 Å². The minimum atomic E-state index is -0.276. The second-order valence-electron chi connectivity index (χ2n) is 10.1. The number of fused-ring (bicyclic) bond motifs is 2. The van der Waals surface area contributed by atoms with Crippen LogP contribution in [0.3, 0.4) is 0 Å². The monoisotopic (exact) mass is 475 g/mol. The zero-order chi connectivity index (χ0) is 24.3. The van der Waals surface area contributed by atoms with Crippen LogP contribution < -0.4 is 4.90 Å². The molecule has 35 heavy (non-hydrogen) atoms. The summed E-state index contributed by atoms with van der Waals surface area (Å²) in [5, 5.41) is 10.6. The Labute approximate surface area is 203 Å². The van der Waals surface area contributed by atoms with Gasteiger partial charge in [-0.1, -0.05) is 6.08 Å². The predicted octanol–water partition coefficient (Wildman–Crippen LogP) is 3.39. The maximum atomic E-state index is 14.2. The fourth-order valence-corrected chi connectivity index (χ4v) is 5.72. The van der Waals surface area contributed by atoms with Crippen molar-refractivity contribution in [3.63, 3.8) is 0 Å². The van der Waals surface area contributed by atoms with Crippen molar-refractivity contribution < 1.29 is 14.3 Å². The summed E-state index contributed by atoms with van der Waals surface area (Å²) < 4.78 is 14.2. The van der Waals surface area contributed by atoms with Crippen LogP contribution in [0.1, 0.15) is 30.5 Å². The van der Waals surface area contributed by atoms with E-state index in [4.69, 9.17) is 0 Å². The van der Waals surface area contributed by atoms with E-state index >= 15 is 0 Å². The lowest BCUT2D eigenvalue weighted by molar-refractivity contribution is -0.136. The average Bonchev–Trinajstić information content (AvgIpc) is 3.14. The van der Waals surface area contributed by atoms with E-state index in [0.29, 0.717) is 32.5 Å². The van der Waals surface area contributed by atoms with Gasteiger partial charge in [0.25, 0.3) is 0 Å². The van der Waals surface area contributed by atoms with E-state index < -0.39 is 0 Å². The summed E-state index contributed by atoms with van der Waals surface area (Å²) in [4.78, 5) is 27.2. The number of hydrogen-bond acceptors (Lipinski definition) is 5. The first-order valence-electron chi connectivity index (χ1n) is 12.2. The summed E-state index contributed by atoms with van der Waals surface area (Å²) in [6, 6.07) is 7.07. The molecule has 0 bridgehead atoms. The second-order valence-corrected chi connectivity index (χ2v) is 10.1. The van der Waals surface area contributed by atoms with Crippen LogP contribution in [0.25, 0.3) is 27.7 Å². The number of rotatable bonds is 4. The number of H-pyrrole nitrogens is 1. The number of pyridine rings is 1. The Morgan fingerprint density at radius 2 is 2.09 bits per heavy atom. The van der Waals surface area contributed by atoms with E-state index in [0.717, 1.165) is 57.6 Å². The molecule has 0 radical (unpaired) electrons. The molecule has 0 saturated heterocycles. The van der Waals surface area contributed by atoms with Crippen molar-refractivity contribution in [3.05, 3.63) is 53.6 Å². The zero-order valence-electron chi connectivity index (χ0n) is 20.1. The summed E-state index contributed by atoms with van der Waals surface area (Å²) in [6.07, 6.45) is 5.95. The largest absolute Gasteiger partial charge is 0.393 e. The smallest absolute Gasteiger partial charge is 0.236 e. The van der Waals surface area contributed by atoms with Crippen molar-refractivity contribution in [3.8, 4) is 11.1 Å². The zero-order valence-corrected chi connectivity index (χ0v) is 20.1. The third-order valence-electron chi connectivity index (χ3n) is 7.79. The number of hydrogen-bond donors (Lipinski definition) is 2. The first kappa shape index (κ1) is 22.2. The molecule has 1 amide bonds. The molecule has 2 aromatic heterocycles. The molecule has 2 aliphatic heterocycles. The van der Waals surface area contributed by atoms with Gasteiger partial charge >= 0.3 is 0 Å². The van der Waals surface area contributed by atoms with Crippen LogP contribution in [0.4, 0.5) is 10.1 Å². The molecule has 1 aromatic carbocycles. The number of benzene rings is 1. The highest BCUT2D eigenvalue weighted by Crippen LogP contribution is 2.43. The highest BCUT2D eigenvalue weighted by atomic mass is 19.1. The van der Waals surface area contributed by atoms with Crippen LogP contribution >= 0.6 is 0 Å². The Morgan fingerprint density at radius 1 is 1.26 bits per heavy atom. The van der Waals surface area contributed by atoms with Crippen molar-refractivity contribution in [1.29, 1.82) is 0 Å². The first-order chi connectivity index (χ1) is 16.9. The molecule has 0 spiro atoms. The van der Waals surface area contributed by atoms with Crippen molar-refractivity contribution in [2.45, 2.75) is 38.0 Å². The maximum Gasteiger partial charge on any atom is 0.236 e. The third-order valence-corrected chi connectivity index (χ3v) is 7.79. The lowest BCUT2D eigenvalue weighted by Crippen LogP contribution is -2.51. The maximum absolute atomic E-state index is 14.2. The predicted molar refractivity (Wildman–Crippen MR) is 134 cm³/mol. The standard InChI is InChI=1S/C27H30FN5O2/c1-31-14-22-25-20(21-10-17(28)5-6-23(21)31)7-8-29-27(25)30-26(22)16-4-3-9-33(13-16)15-24(35)32(2)18-11-19(34)12-18/h4-8,10,18-19,34H,3,9,11-15H2,1-2H3,(H,29,30). The molecule has 0 unspecified atom stereocenters. The fourth-order valence-electron chi connectivity index (χ4n) is 5.72. The minimum Gasteiger partial charge on any atom is -0.393 e. The molecule has 0 atom stereocenters. The lowest BCUT2D eigenvalue weighted by atomic mass is 9.88. The number of nitrogens with zero attached hydrogens (tertiary/aromatic N) is 4. The van der Waals surface area contributed by atoms with Gasteiger partial charge in [0.05, 0.1) is 12.6 Å². The van der Waals surface area contributed by atoms with E-state index in [-0.39, 0.29) is 23.9 Å². The van der Waals surface area contributed by atoms with Crippen molar-refractivity contribution in [2.24, 2.45) is 0 Å². The molecule has 1 saturated carbocycles. The van der Waals surface area contributed by atoms with E-state index in [2.05, 4.69) is 25.8 Å². The number of aliphatic hydroxyl groups is 1. The Hall–Kier alpha value is -3.23. The summed E-state index contributed by atoms with van der Waals surface area (Å²) in [5.41, 5.74) is 7.02.